The Kier molecular flexibility index (Phi) is 4.16. The maximum absolute atomic E-state index is 12.4. The van der Waals surface area contributed by atoms with Gasteiger partial charge in [0.2, 0.25) is 5.91 Å². The van der Waals surface area contributed by atoms with E-state index in [1.807, 2.05) is 13.8 Å². The number of nitrogen functional groups attached to an aromatic ring is 1. The fourth-order valence-corrected chi connectivity index (χ4v) is 3.06. The molecular weight excluding hydrogens is 308 g/mol. The Bertz CT molecular complexity index is 492. The minimum atomic E-state index is -0.126. The van der Waals surface area contributed by atoms with Crippen LogP contribution >= 0.6 is 15.9 Å². The third-order valence-electron chi connectivity index (χ3n) is 3.80. The predicted molar refractivity (Wildman–Crippen MR) is 79.8 cm³/mol. The van der Waals surface area contributed by atoms with Crippen molar-refractivity contribution in [1.29, 1.82) is 0 Å². The molecular formula is C14H19BrN2O2. The van der Waals surface area contributed by atoms with Crippen LogP contribution in [-0.4, -0.2) is 18.1 Å². The van der Waals surface area contributed by atoms with Crippen LogP contribution in [0.4, 0.5) is 11.4 Å². The van der Waals surface area contributed by atoms with E-state index in [4.69, 9.17) is 10.5 Å². The Hall–Kier alpha value is -1.07. The van der Waals surface area contributed by atoms with Crippen molar-refractivity contribution in [3.05, 3.63) is 22.7 Å². The van der Waals surface area contributed by atoms with Crippen molar-refractivity contribution in [1.82, 2.24) is 0 Å². The second-order valence-corrected chi connectivity index (χ2v) is 6.01. The Morgan fingerprint density at radius 3 is 2.53 bits per heavy atom. The lowest BCUT2D eigenvalue weighted by Gasteiger charge is -2.18. The van der Waals surface area contributed by atoms with Gasteiger partial charge in [-0.05, 0) is 53.9 Å². The molecule has 1 aliphatic heterocycles. The standard InChI is InChI=1S/C14H19BrN2O2/c1-7-8(2)19-9(3)13(7)14(18)17-12-5-4-10(16)6-11(12)15/h4-9,13H,16H2,1-3H3,(H,17,18). The summed E-state index contributed by atoms with van der Waals surface area (Å²) in [7, 11) is 0. The van der Waals surface area contributed by atoms with E-state index in [9.17, 15) is 4.79 Å². The van der Waals surface area contributed by atoms with Gasteiger partial charge in [0.05, 0.1) is 23.8 Å². The highest BCUT2D eigenvalue weighted by Gasteiger charge is 2.41. The molecule has 0 saturated carbocycles. The van der Waals surface area contributed by atoms with Gasteiger partial charge in [-0.3, -0.25) is 4.79 Å². The summed E-state index contributed by atoms with van der Waals surface area (Å²) in [5.41, 5.74) is 7.07. The van der Waals surface area contributed by atoms with E-state index < -0.39 is 0 Å². The first-order valence-corrected chi connectivity index (χ1v) is 7.20. The second kappa shape index (κ2) is 5.51. The van der Waals surface area contributed by atoms with E-state index in [0.717, 1.165) is 10.2 Å². The highest BCUT2D eigenvalue weighted by atomic mass is 79.9. The van der Waals surface area contributed by atoms with Crippen molar-refractivity contribution in [2.24, 2.45) is 11.8 Å². The van der Waals surface area contributed by atoms with Crippen molar-refractivity contribution in [2.75, 3.05) is 11.1 Å². The first kappa shape index (κ1) is 14.3. The van der Waals surface area contributed by atoms with Gasteiger partial charge in [-0.2, -0.15) is 0 Å². The number of carbonyl (C=O) groups excluding carboxylic acids is 1. The van der Waals surface area contributed by atoms with E-state index in [2.05, 4.69) is 28.2 Å². The van der Waals surface area contributed by atoms with E-state index >= 15 is 0 Å². The van der Waals surface area contributed by atoms with Crippen LogP contribution in [0.1, 0.15) is 20.8 Å². The molecule has 104 valence electrons. The highest BCUT2D eigenvalue weighted by Crippen LogP contribution is 2.34. The smallest absolute Gasteiger partial charge is 0.230 e. The van der Waals surface area contributed by atoms with E-state index in [-0.39, 0.29) is 30.0 Å². The second-order valence-electron chi connectivity index (χ2n) is 5.16. The molecule has 4 unspecified atom stereocenters. The summed E-state index contributed by atoms with van der Waals surface area (Å²) >= 11 is 3.40. The molecule has 1 fully saturated rings. The summed E-state index contributed by atoms with van der Waals surface area (Å²) in [5.74, 6) is 0.0804. The van der Waals surface area contributed by atoms with Crippen LogP contribution in [0.5, 0.6) is 0 Å². The van der Waals surface area contributed by atoms with Crippen LogP contribution in [-0.2, 0) is 9.53 Å². The number of hydrogen-bond acceptors (Lipinski definition) is 3. The fourth-order valence-electron chi connectivity index (χ4n) is 2.57. The molecule has 1 aromatic rings. The summed E-state index contributed by atoms with van der Waals surface area (Å²) in [6.45, 7) is 6.01. The molecule has 4 nitrogen and oxygen atoms in total. The first-order chi connectivity index (χ1) is 8.90. The molecule has 1 heterocycles. The summed E-state index contributed by atoms with van der Waals surface area (Å²) in [4.78, 5) is 12.4. The lowest BCUT2D eigenvalue weighted by Crippen LogP contribution is -2.32. The average molecular weight is 327 g/mol. The molecule has 1 amide bonds. The Labute approximate surface area is 121 Å². The highest BCUT2D eigenvalue weighted by molar-refractivity contribution is 9.10. The van der Waals surface area contributed by atoms with Crippen LogP contribution in [0.3, 0.4) is 0 Å². The Balaban J connectivity index is 2.13. The number of ether oxygens (including phenoxy) is 1. The number of halogens is 1. The van der Waals surface area contributed by atoms with Crippen LogP contribution in [0.2, 0.25) is 0 Å². The van der Waals surface area contributed by atoms with Crippen molar-refractivity contribution in [2.45, 2.75) is 33.0 Å². The molecule has 0 aliphatic carbocycles. The number of anilines is 2. The number of benzene rings is 1. The fraction of sp³-hybridized carbons (Fsp3) is 0.500. The van der Waals surface area contributed by atoms with Gasteiger partial charge >= 0.3 is 0 Å². The number of carbonyl (C=O) groups is 1. The van der Waals surface area contributed by atoms with Crippen LogP contribution in [0.15, 0.2) is 22.7 Å². The molecule has 0 radical (unpaired) electrons. The van der Waals surface area contributed by atoms with Gasteiger partial charge in [-0.15, -0.1) is 0 Å². The van der Waals surface area contributed by atoms with Gasteiger partial charge in [0, 0.05) is 10.2 Å². The molecule has 0 aromatic heterocycles. The average Bonchev–Trinajstić information content (AvgIpc) is 2.57. The van der Waals surface area contributed by atoms with Crippen molar-refractivity contribution >= 4 is 33.2 Å². The maximum atomic E-state index is 12.4. The van der Waals surface area contributed by atoms with Crippen LogP contribution < -0.4 is 11.1 Å². The Morgan fingerprint density at radius 2 is 2.00 bits per heavy atom. The van der Waals surface area contributed by atoms with Gasteiger partial charge in [-0.25, -0.2) is 0 Å². The largest absolute Gasteiger partial charge is 0.399 e. The third kappa shape index (κ3) is 2.92. The maximum Gasteiger partial charge on any atom is 0.230 e. The van der Waals surface area contributed by atoms with Crippen molar-refractivity contribution < 1.29 is 9.53 Å². The van der Waals surface area contributed by atoms with E-state index in [0.29, 0.717) is 5.69 Å². The van der Waals surface area contributed by atoms with Gasteiger partial charge in [-0.1, -0.05) is 6.92 Å². The number of nitrogens with two attached hydrogens (primary N) is 1. The SMILES string of the molecule is CC1OC(C)C(C(=O)Nc2ccc(N)cc2Br)C1C. The topological polar surface area (TPSA) is 64.3 Å². The van der Waals surface area contributed by atoms with Gasteiger partial charge in [0.25, 0.3) is 0 Å². The molecule has 5 heteroatoms. The monoisotopic (exact) mass is 326 g/mol. The predicted octanol–water partition coefficient (Wildman–Crippen LogP) is 3.03. The summed E-state index contributed by atoms with van der Waals surface area (Å²) < 4.78 is 6.49. The Morgan fingerprint density at radius 1 is 1.32 bits per heavy atom. The van der Waals surface area contributed by atoms with Crippen molar-refractivity contribution in [3.63, 3.8) is 0 Å². The summed E-state index contributed by atoms with van der Waals surface area (Å²) in [6.07, 6.45) is 0.0539. The van der Waals surface area contributed by atoms with Gasteiger partial charge < -0.3 is 15.8 Å². The number of hydrogen-bond donors (Lipinski definition) is 2. The van der Waals surface area contributed by atoms with Crippen LogP contribution in [0.25, 0.3) is 0 Å². The minimum Gasteiger partial charge on any atom is -0.399 e. The molecule has 1 saturated heterocycles. The third-order valence-corrected chi connectivity index (χ3v) is 4.45. The molecule has 0 bridgehead atoms. The van der Waals surface area contributed by atoms with E-state index in [1.165, 1.54) is 0 Å². The summed E-state index contributed by atoms with van der Waals surface area (Å²) in [6, 6.07) is 5.34. The zero-order valence-electron chi connectivity index (χ0n) is 11.3. The lowest BCUT2D eigenvalue weighted by molar-refractivity contribution is -0.121. The van der Waals surface area contributed by atoms with Crippen molar-refractivity contribution in [3.8, 4) is 0 Å². The quantitative estimate of drug-likeness (QED) is 0.821. The number of nitrogens with one attached hydrogen (secondary N) is 1. The van der Waals surface area contributed by atoms with Crippen LogP contribution in [0, 0.1) is 11.8 Å². The zero-order chi connectivity index (χ0) is 14.2. The lowest BCUT2D eigenvalue weighted by atomic mass is 9.89. The molecule has 1 aromatic carbocycles. The molecule has 4 atom stereocenters. The van der Waals surface area contributed by atoms with Gasteiger partial charge in [0.15, 0.2) is 0 Å². The molecule has 19 heavy (non-hydrogen) atoms. The normalized spacial score (nSPS) is 30.3. The molecule has 3 N–H and O–H groups in total. The minimum absolute atomic E-state index is 0.00479. The molecule has 0 spiro atoms. The number of rotatable bonds is 2. The zero-order valence-corrected chi connectivity index (χ0v) is 12.9. The molecule has 1 aliphatic rings. The summed E-state index contributed by atoms with van der Waals surface area (Å²) in [5, 5.41) is 2.94. The number of amides is 1. The van der Waals surface area contributed by atoms with E-state index in [1.54, 1.807) is 18.2 Å². The molecule has 2 rings (SSSR count). The first-order valence-electron chi connectivity index (χ1n) is 6.41. The van der Waals surface area contributed by atoms with Gasteiger partial charge in [0.1, 0.15) is 0 Å².